The van der Waals surface area contributed by atoms with Crippen LogP contribution in [0.15, 0.2) is 33.9 Å². The minimum Gasteiger partial charge on any atom is -0.431 e. The van der Waals surface area contributed by atoms with Gasteiger partial charge in [0.15, 0.2) is 5.58 Å². The number of nitrogens with two attached hydrogens (primary N) is 1. The molecule has 1 aliphatic heterocycles. The number of carbonyl (C=O) groups excluding carboxylic acids is 2. The zero-order chi connectivity index (χ0) is 16.2. The van der Waals surface area contributed by atoms with Gasteiger partial charge < -0.3 is 15.1 Å². The summed E-state index contributed by atoms with van der Waals surface area (Å²) in [5.74, 6) is -0.105. The number of rotatable bonds is 5. The van der Waals surface area contributed by atoms with E-state index in [2.05, 4.69) is 4.98 Å². The van der Waals surface area contributed by atoms with Crippen LogP contribution in [0.1, 0.15) is 25.7 Å². The average molecular weight is 333 g/mol. The van der Waals surface area contributed by atoms with Crippen molar-refractivity contribution in [3.05, 3.63) is 24.3 Å². The van der Waals surface area contributed by atoms with Crippen LogP contribution < -0.4 is 5.73 Å². The first-order valence-corrected chi connectivity index (χ1v) is 8.68. The van der Waals surface area contributed by atoms with E-state index in [1.54, 1.807) is 4.90 Å². The number of piperidine rings is 1. The average Bonchev–Trinajstić information content (AvgIpc) is 2.95. The number of primary amides is 1. The van der Waals surface area contributed by atoms with Crippen LogP contribution in [0.3, 0.4) is 0 Å². The minimum atomic E-state index is -0.360. The third-order valence-electron chi connectivity index (χ3n) is 3.98. The van der Waals surface area contributed by atoms with E-state index in [9.17, 15) is 9.59 Å². The van der Waals surface area contributed by atoms with Gasteiger partial charge in [-0.15, -0.1) is 0 Å². The van der Waals surface area contributed by atoms with E-state index in [4.69, 9.17) is 10.2 Å². The molecule has 2 N–H and O–H groups in total. The molecule has 0 aliphatic carbocycles. The van der Waals surface area contributed by atoms with Crippen molar-refractivity contribution in [3.63, 3.8) is 0 Å². The van der Waals surface area contributed by atoms with E-state index < -0.39 is 0 Å². The Morgan fingerprint density at radius 2 is 2.17 bits per heavy atom. The molecule has 1 atom stereocenters. The van der Waals surface area contributed by atoms with Crippen molar-refractivity contribution >= 4 is 34.7 Å². The molecule has 1 fully saturated rings. The zero-order valence-corrected chi connectivity index (χ0v) is 13.6. The molecule has 1 aromatic heterocycles. The van der Waals surface area contributed by atoms with E-state index in [1.807, 2.05) is 24.3 Å². The van der Waals surface area contributed by atoms with E-state index in [1.165, 1.54) is 11.8 Å². The Hall–Kier alpha value is -2.02. The van der Waals surface area contributed by atoms with Crippen LogP contribution in [0.5, 0.6) is 0 Å². The predicted octanol–water partition coefficient (Wildman–Crippen LogP) is 2.18. The molecule has 1 aliphatic rings. The topological polar surface area (TPSA) is 89.4 Å². The number of benzene rings is 1. The molecule has 122 valence electrons. The highest BCUT2D eigenvalue weighted by Crippen LogP contribution is 2.25. The fourth-order valence-electron chi connectivity index (χ4n) is 2.89. The molecule has 3 rings (SSSR count). The number of thioether (sulfide) groups is 1. The molecule has 0 saturated carbocycles. The molecule has 1 aromatic carbocycles. The van der Waals surface area contributed by atoms with Gasteiger partial charge in [-0.1, -0.05) is 23.9 Å². The Balaban J connectivity index is 1.62. The molecule has 2 aromatic rings. The number of nitrogens with zero attached hydrogens (tertiary/aromatic N) is 2. The molecule has 1 unspecified atom stereocenters. The summed E-state index contributed by atoms with van der Waals surface area (Å²) in [5.41, 5.74) is 6.79. The fourth-order valence-corrected chi connectivity index (χ4v) is 3.62. The Morgan fingerprint density at radius 3 is 2.96 bits per heavy atom. The summed E-state index contributed by atoms with van der Waals surface area (Å²) < 4.78 is 5.60. The Labute approximate surface area is 138 Å². The molecule has 1 saturated heterocycles. The first kappa shape index (κ1) is 15.9. The Kier molecular flexibility index (Phi) is 4.85. The lowest BCUT2D eigenvalue weighted by Crippen LogP contribution is -2.46. The maximum absolute atomic E-state index is 12.5. The standard InChI is InChI=1S/C16H19N3O3S/c17-14(20)9-11-5-3-4-8-19(11)15(21)10-23-16-18-12-6-1-2-7-13(12)22-16/h1-2,6-7,11H,3-5,8-10H2,(H2,17,20). The molecule has 7 heteroatoms. The van der Waals surface area contributed by atoms with Crippen molar-refractivity contribution in [2.75, 3.05) is 12.3 Å². The minimum absolute atomic E-state index is 0.00297. The number of oxazole rings is 1. The van der Waals surface area contributed by atoms with Crippen LogP contribution in [0.25, 0.3) is 11.1 Å². The van der Waals surface area contributed by atoms with Gasteiger partial charge in [-0.05, 0) is 31.4 Å². The van der Waals surface area contributed by atoms with E-state index >= 15 is 0 Å². The lowest BCUT2D eigenvalue weighted by molar-refractivity contribution is -0.133. The van der Waals surface area contributed by atoms with Gasteiger partial charge in [-0.3, -0.25) is 9.59 Å². The number of fused-ring (bicyclic) bond motifs is 1. The SMILES string of the molecule is NC(=O)CC1CCCCN1C(=O)CSc1nc2ccccc2o1. The highest BCUT2D eigenvalue weighted by molar-refractivity contribution is 7.99. The van der Waals surface area contributed by atoms with Crippen LogP contribution in [0, 0.1) is 0 Å². The second-order valence-electron chi connectivity index (χ2n) is 5.64. The molecule has 0 bridgehead atoms. The van der Waals surface area contributed by atoms with Crippen LogP contribution >= 0.6 is 11.8 Å². The summed E-state index contributed by atoms with van der Waals surface area (Å²) in [4.78, 5) is 29.8. The van der Waals surface area contributed by atoms with Gasteiger partial charge in [0.2, 0.25) is 11.8 Å². The Bertz CT molecular complexity index is 682. The summed E-state index contributed by atoms with van der Waals surface area (Å²) >= 11 is 1.28. The quantitative estimate of drug-likeness (QED) is 0.847. The maximum Gasteiger partial charge on any atom is 0.257 e. The molecular weight excluding hydrogens is 314 g/mol. The molecule has 23 heavy (non-hydrogen) atoms. The van der Waals surface area contributed by atoms with E-state index in [0.29, 0.717) is 17.4 Å². The van der Waals surface area contributed by atoms with Crippen molar-refractivity contribution in [1.29, 1.82) is 0 Å². The molecule has 6 nitrogen and oxygen atoms in total. The predicted molar refractivity (Wildman–Crippen MR) is 87.9 cm³/mol. The second-order valence-corrected chi connectivity index (χ2v) is 6.57. The number of hydrogen-bond acceptors (Lipinski definition) is 5. The zero-order valence-electron chi connectivity index (χ0n) is 12.7. The number of amides is 2. The van der Waals surface area contributed by atoms with Crippen molar-refractivity contribution in [3.8, 4) is 0 Å². The Morgan fingerprint density at radius 1 is 1.35 bits per heavy atom. The van der Waals surface area contributed by atoms with Crippen molar-refractivity contribution < 1.29 is 14.0 Å². The van der Waals surface area contributed by atoms with Crippen molar-refractivity contribution in [2.45, 2.75) is 36.9 Å². The van der Waals surface area contributed by atoms with Crippen LogP contribution in [-0.4, -0.2) is 40.0 Å². The number of carbonyl (C=O) groups is 2. The summed E-state index contributed by atoms with van der Waals surface area (Å²) in [6.45, 7) is 0.685. The first-order valence-electron chi connectivity index (χ1n) is 7.69. The van der Waals surface area contributed by atoms with Crippen LogP contribution in [0.4, 0.5) is 0 Å². The lowest BCUT2D eigenvalue weighted by Gasteiger charge is -2.35. The van der Waals surface area contributed by atoms with Crippen LogP contribution in [-0.2, 0) is 9.59 Å². The molecule has 2 amide bonds. The number of aromatic nitrogens is 1. The monoisotopic (exact) mass is 333 g/mol. The third kappa shape index (κ3) is 3.85. The highest BCUT2D eigenvalue weighted by Gasteiger charge is 2.28. The van der Waals surface area contributed by atoms with E-state index in [0.717, 1.165) is 24.8 Å². The van der Waals surface area contributed by atoms with Gasteiger partial charge >= 0.3 is 0 Å². The third-order valence-corrected chi connectivity index (χ3v) is 4.79. The van der Waals surface area contributed by atoms with Gasteiger partial charge in [0.25, 0.3) is 5.22 Å². The molecule has 0 spiro atoms. The summed E-state index contributed by atoms with van der Waals surface area (Å²) in [7, 11) is 0. The van der Waals surface area contributed by atoms with Crippen molar-refractivity contribution in [2.24, 2.45) is 5.73 Å². The smallest absolute Gasteiger partial charge is 0.257 e. The summed E-state index contributed by atoms with van der Waals surface area (Å²) in [6, 6.07) is 7.43. The van der Waals surface area contributed by atoms with Gasteiger partial charge in [-0.25, -0.2) is 4.98 Å². The first-order chi connectivity index (χ1) is 11.1. The van der Waals surface area contributed by atoms with Gasteiger partial charge in [0.05, 0.1) is 5.75 Å². The van der Waals surface area contributed by atoms with Gasteiger partial charge in [-0.2, -0.15) is 0 Å². The highest BCUT2D eigenvalue weighted by atomic mass is 32.2. The molecular formula is C16H19N3O3S. The number of likely N-dealkylation sites (tertiary alicyclic amines) is 1. The number of para-hydroxylation sites is 2. The van der Waals surface area contributed by atoms with Gasteiger partial charge in [0.1, 0.15) is 5.52 Å². The fraction of sp³-hybridized carbons (Fsp3) is 0.438. The van der Waals surface area contributed by atoms with Crippen LogP contribution in [0.2, 0.25) is 0 Å². The summed E-state index contributed by atoms with van der Waals surface area (Å²) in [6.07, 6.45) is 3.07. The van der Waals surface area contributed by atoms with Gasteiger partial charge in [0, 0.05) is 19.0 Å². The second kappa shape index (κ2) is 7.04. The largest absolute Gasteiger partial charge is 0.431 e. The molecule has 2 heterocycles. The maximum atomic E-state index is 12.5. The normalized spacial score (nSPS) is 18.3. The lowest BCUT2D eigenvalue weighted by atomic mass is 9.99. The number of hydrogen-bond donors (Lipinski definition) is 1. The van der Waals surface area contributed by atoms with E-state index in [-0.39, 0.29) is 30.0 Å². The summed E-state index contributed by atoms with van der Waals surface area (Å²) in [5, 5.41) is 0.489. The molecule has 0 radical (unpaired) electrons. The van der Waals surface area contributed by atoms with Crippen molar-refractivity contribution in [1.82, 2.24) is 9.88 Å².